The molecule has 0 saturated heterocycles. The van der Waals surface area contributed by atoms with Crippen LogP contribution in [0.25, 0.3) is 0 Å². The number of carboxylic acid groups (broad SMARTS) is 1. The maximum Gasteiger partial charge on any atom is 0.351 e. The molecule has 1 aromatic heterocycles. The van der Waals surface area contributed by atoms with Crippen molar-refractivity contribution in [1.29, 1.82) is 0 Å². The topological polar surface area (TPSA) is 91.9 Å². The summed E-state index contributed by atoms with van der Waals surface area (Å²) in [5.74, 6) is -1.70. The van der Waals surface area contributed by atoms with Crippen LogP contribution in [0, 0.1) is 0 Å². The van der Waals surface area contributed by atoms with Gasteiger partial charge in [-0.05, 0) is 19.1 Å². The number of aliphatic carboxylic acids is 1. The molecule has 1 heterocycles. The molecule has 0 spiro atoms. The zero-order valence-corrected chi connectivity index (χ0v) is 7.35. The summed E-state index contributed by atoms with van der Waals surface area (Å²) >= 11 is 0. The Kier molecular flexibility index (Phi) is 3.01. The summed E-state index contributed by atoms with van der Waals surface area (Å²) in [6.07, 6.45) is 1.34. The second-order valence-corrected chi connectivity index (χ2v) is 2.42. The van der Waals surface area contributed by atoms with E-state index in [2.05, 4.69) is 5.10 Å². The van der Waals surface area contributed by atoms with E-state index < -0.39 is 11.9 Å². The van der Waals surface area contributed by atoms with Crippen molar-refractivity contribution in [3.05, 3.63) is 24.2 Å². The van der Waals surface area contributed by atoms with Crippen molar-refractivity contribution in [3.63, 3.8) is 0 Å². The van der Waals surface area contributed by atoms with Crippen LogP contribution < -0.4 is 5.43 Å². The lowest BCUT2D eigenvalue weighted by Gasteiger charge is -1.95. The summed E-state index contributed by atoms with van der Waals surface area (Å²) < 4.78 is 4.76. The molecule has 1 amide bonds. The van der Waals surface area contributed by atoms with Gasteiger partial charge in [0.25, 0.3) is 0 Å². The Morgan fingerprint density at radius 3 is 2.79 bits per heavy atom. The first kappa shape index (κ1) is 9.97. The van der Waals surface area contributed by atoms with Gasteiger partial charge in [0.2, 0.25) is 0 Å². The third-order valence-electron chi connectivity index (χ3n) is 1.38. The van der Waals surface area contributed by atoms with Crippen LogP contribution in [-0.4, -0.2) is 22.7 Å². The molecule has 0 fully saturated rings. The van der Waals surface area contributed by atoms with Crippen LogP contribution >= 0.6 is 0 Å². The zero-order valence-electron chi connectivity index (χ0n) is 7.35. The number of nitrogens with one attached hydrogen (secondary N) is 1. The van der Waals surface area contributed by atoms with Gasteiger partial charge in [0.05, 0.1) is 6.26 Å². The number of hydrogen-bond donors (Lipinski definition) is 2. The molecule has 0 bridgehead atoms. The Bertz CT molecular complexity index is 367. The van der Waals surface area contributed by atoms with E-state index in [1.165, 1.54) is 19.3 Å². The van der Waals surface area contributed by atoms with E-state index in [0.717, 1.165) is 0 Å². The number of furan rings is 1. The second kappa shape index (κ2) is 4.22. The molecule has 2 N–H and O–H groups in total. The number of hydrogen-bond acceptors (Lipinski definition) is 4. The molecule has 6 nitrogen and oxygen atoms in total. The lowest BCUT2D eigenvalue weighted by Crippen LogP contribution is -2.21. The molecule has 0 saturated carbocycles. The fraction of sp³-hybridized carbons (Fsp3) is 0.125. The van der Waals surface area contributed by atoms with Crippen LogP contribution in [0.15, 0.2) is 27.9 Å². The average molecular weight is 196 g/mol. The molecule has 0 radical (unpaired) electrons. The first-order valence-corrected chi connectivity index (χ1v) is 3.72. The van der Waals surface area contributed by atoms with Crippen molar-refractivity contribution in [3.8, 4) is 0 Å². The standard InChI is InChI=1S/C8H8N2O4/c1-5(8(12)13)9-10-7(11)6-3-2-4-14-6/h2-4H,1H3,(H,10,11)(H,12,13)/b9-5+. The Hall–Kier alpha value is -2.11. The quantitative estimate of drug-likeness (QED) is 0.543. The zero-order chi connectivity index (χ0) is 10.6. The molecule has 1 aromatic rings. The van der Waals surface area contributed by atoms with Crippen molar-refractivity contribution in [2.24, 2.45) is 5.10 Å². The van der Waals surface area contributed by atoms with Gasteiger partial charge in [-0.1, -0.05) is 0 Å². The van der Waals surface area contributed by atoms with Gasteiger partial charge in [0.15, 0.2) is 5.76 Å². The van der Waals surface area contributed by atoms with Gasteiger partial charge in [0.1, 0.15) is 5.71 Å². The number of hydrazone groups is 1. The molecule has 0 atom stereocenters. The Balaban J connectivity index is 2.59. The smallest absolute Gasteiger partial charge is 0.351 e. The maximum atomic E-state index is 11.1. The highest BCUT2D eigenvalue weighted by Gasteiger charge is 2.08. The normalized spacial score (nSPS) is 11.1. The molecule has 74 valence electrons. The van der Waals surface area contributed by atoms with Crippen LogP contribution in [0.1, 0.15) is 17.5 Å². The third-order valence-corrected chi connectivity index (χ3v) is 1.38. The molecular formula is C8H8N2O4. The minimum atomic E-state index is -1.19. The highest BCUT2D eigenvalue weighted by Crippen LogP contribution is 1.98. The van der Waals surface area contributed by atoms with Crippen LogP contribution in [0.3, 0.4) is 0 Å². The summed E-state index contributed by atoms with van der Waals surface area (Å²) in [6, 6.07) is 2.99. The van der Waals surface area contributed by atoms with E-state index in [-0.39, 0.29) is 11.5 Å². The fourth-order valence-electron chi connectivity index (χ4n) is 0.645. The molecule has 0 aliphatic carbocycles. The predicted molar refractivity (Wildman–Crippen MR) is 46.9 cm³/mol. The molecule has 1 rings (SSSR count). The van der Waals surface area contributed by atoms with Gasteiger partial charge >= 0.3 is 11.9 Å². The van der Waals surface area contributed by atoms with E-state index in [4.69, 9.17) is 9.52 Å². The van der Waals surface area contributed by atoms with Crippen molar-refractivity contribution < 1.29 is 19.1 Å². The van der Waals surface area contributed by atoms with Crippen molar-refractivity contribution in [1.82, 2.24) is 5.43 Å². The minimum absolute atomic E-state index is 0.0759. The Morgan fingerprint density at radius 2 is 2.29 bits per heavy atom. The average Bonchev–Trinajstić information content (AvgIpc) is 2.66. The monoisotopic (exact) mass is 196 g/mol. The summed E-state index contributed by atoms with van der Waals surface area (Å²) in [5.41, 5.74) is 1.84. The summed E-state index contributed by atoms with van der Waals surface area (Å²) in [4.78, 5) is 21.4. The molecule has 0 aliphatic heterocycles. The van der Waals surface area contributed by atoms with Crippen LogP contribution in [0.5, 0.6) is 0 Å². The van der Waals surface area contributed by atoms with Crippen molar-refractivity contribution in [2.45, 2.75) is 6.92 Å². The van der Waals surface area contributed by atoms with E-state index in [9.17, 15) is 9.59 Å². The predicted octanol–water partition coefficient (Wildman–Crippen LogP) is 0.470. The van der Waals surface area contributed by atoms with Gasteiger partial charge in [0, 0.05) is 0 Å². The molecule has 0 aromatic carbocycles. The number of rotatable bonds is 3. The molecule has 14 heavy (non-hydrogen) atoms. The van der Waals surface area contributed by atoms with E-state index in [0.29, 0.717) is 0 Å². The second-order valence-electron chi connectivity index (χ2n) is 2.42. The molecular weight excluding hydrogens is 188 g/mol. The van der Waals surface area contributed by atoms with Gasteiger partial charge in [-0.3, -0.25) is 4.79 Å². The lowest BCUT2D eigenvalue weighted by atomic mass is 10.4. The van der Waals surface area contributed by atoms with E-state index >= 15 is 0 Å². The van der Waals surface area contributed by atoms with Gasteiger partial charge in [-0.15, -0.1) is 0 Å². The van der Waals surface area contributed by atoms with Crippen molar-refractivity contribution >= 4 is 17.6 Å². The lowest BCUT2D eigenvalue weighted by molar-refractivity contribution is -0.129. The summed E-state index contributed by atoms with van der Waals surface area (Å²) in [5, 5.41) is 11.8. The first-order chi connectivity index (χ1) is 6.61. The SMILES string of the molecule is C/C(=N\NC(=O)c1ccco1)C(=O)O. The number of carbonyl (C=O) groups excluding carboxylic acids is 1. The Labute approximate surface area is 79.2 Å². The number of carbonyl (C=O) groups is 2. The highest BCUT2D eigenvalue weighted by molar-refractivity contribution is 6.34. The van der Waals surface area contributed by atoms with Gasteiger partial charge in [-0.25, -0.2) is 10.2 Å². The molecule has 0 unspecified atom stereocenters. The minimum Gasteiger partial charge on any atom is -0.477 e. The Morgan fingerprint density at radius 1 is 1.57 bits per heavy atom. The molecule has 6 heteroatoms. The van der Waals surface area contributed by atoms with E-state index in [1.54, 1.807) is 6.07 Å². The van der Waals surface area contributed by atoms with Crippen LogP contribution in [-0.2, 0) is 4.79 Å². The van der Waals surface area contributed by atoms with Gasteiger partial charge < -0.3 is 9.52 Å². The van der Waals surface area contributed by atoms with Gasteiger partial charge in [-0.2, -0.15) is 5.10 Å². The number of amides is 1. The third kappa shape index (κ3) is 2.44. The maximum absolute atomic E-state index is 11.1. The fourth-order valence-corrected chi connectivity index (χ4v) is 0.645. The van der Waals surface area contributed by atoms with E-state index in [1.807, 2.05) is 5.43 Å². The molecule has 0 aliphatic rings. The highest BCUT2D eigenvalue weighted by atomic mass is 16.4. The summed E-state index contributed by atoms with van der Waals surface area (Å²) in [7, 11) is 0. The number of carboxylic acids is 1. The summed E-state index contributed by atoms with van der Waals surface area (Å²) in [6.45, 7) is 1.27. The van der Waals surface area contributed by atoms with Crippen LogP contribution in [0.4, 0.5) is 0 Å². The van der Waals surface area contributed by atoms with Crippen molar-refractivity contribution in [2.75, 3.05) is 0 Å². The largest absolute Gasteiger partial charge is 0.477 e. The van der Waals surface area contributed by atoms with Crippen LogP contribution in [0.2, 0.25) is 0 Å². The first-order valence-electron chi connectivity index (χ1n) is 3.72. The number of nitrogens with zero attached hydrogens (tertiary/aromatic N) is 1.